The Morgan fingerprint density at radius 2 is 1.84 bits per heavy atom. The number of H-pyrrole nitrogens is 1. The molecule has 2 heterocycles. The molecule has 32 heavy (non-hydrogen) atoms. The van der Waals surface area contributed by atoms with Gasteiger partial charge in [0.25, 0.3) is 0 Å². The van der Waals surface area contributed by atoms with Crippen LogP contribution in [0.25, 0.3) is 22.2 Å². The second kappa shape index (κ2) is 9.07. The molecule has 2 aromatic heterocycles. The minimum absolute atomic E-state index is 0.650. The van der Waals surface area contributed by atoms with Gasteiger partial charge in [0.15, 0.2) is 4.80 Å². The minimum atomic E-state index is 0.650. The number of hydrogen-bond acceptors (Lipinski definition) is 3. The van der Waals surface area contributed by atoms with E-state index in [1.807, 2.05) is 36.4 Å². The van der Waals surface area contributed by atoms with Crippen LogP contribution in [0.2, 0.25) is 5.02 Å². The van der Waals surface area contributed by atoms with Gasteiger partial charge in [-0.05, 0) is 47.9 Å². The van der Waals surface area contributed by atoms with E-state index in [0.717, 1.165) is 40.4 Å². The van der Waals surface area contributed by atoms with E-state index in [2.05, 4.69) is 57.5 Å². The molecule has 5 rings (SSSR count). The Hall–Kier alpha value is -3.28. The van der Waals surface area contributed by atoms with Crippen molar-refractivity contribution in [2.24, 2.45) is 4.99 Å². The molecule has 0 bridgehead atoms. The van der Waals surface area contributed by atoms with E-state index in [-0.39, 0.29) is 0 Å². The van der Waals surface area contributed by atoms with E-state index in [4.69, 9.17) is 21.3 Å². The van der Waals surface area contributed by atoms with Gasteiger partial charge in [0.1, 0.15) is 5.75 Å². The topological polar surface area (TPSA) is 42.3 Å². The van der Waals surface area contributed by atoms with E-state index in [1.54, 1.807) is 18.4 Å². The fraction of sp³-hybridized carbons (Fsp3) is 0.115. The predicted octanol–water partition coefficient (Wildman–Crippen LogP) is 6.84. The van der Waals surface area contributed by atoms with Crippen LogP contribution in [0.1, 0.15) is 5.56 Å². The number of aryl methyl sites for hydroxylation is 1. The maximum absolute atomic E-state index is 6.39. The molecule has 0 aliphatic carbocycles. The average Bonchev–Trinajstić information content (AvgIpc) is 3.43. The Morgan fingerprint density at radius 3 is 2.66 bits per heavy atom. The molecule has 0 saturated heterocycles. The maximum Gasteiger partial charge on any atom is 0.190 e. The number of ether oxygens (including phenoxy) is 1. The molecule has 4 nitrogen and oxygen atoms in total. The number of benzene rings is 3. The van der Waals surface area contributed by atoms with Crippen LogP contribution in [-0.2, 0) is 13.0 Å². The number of para-hydroxylation sites is 1. The number of aromatic nitrogens is 2. The number of halogens is 1. The lowest BCUT2D eigenvalue weighted by atomic mass is 10.1. The molecule has 0 radical (unpaired) electrons. The standard InChI is InChI=1S/C26H22ClN3OS/c1-31-20-11-12-23-21(15-20)19(16-28-23)13-14-30-25(18-7-3-2-4-8-18)17-32-26(30)29-24-10-6-5-9-22(24)27/h2-12,15-17,28H,13-14H2,1H3. The Morgan fingerprint density at radius 1 is 1.03 bits per heavy atom. The number of fused-ring (bicyclic) bond motifs is 1. The fourth-order valence-electron chi connectivity index (χ4n) is 3.84. The first-order valence-electron chi connectivity index (χ1n) is 10.4. The summed E-state index contributed by atoms with van der Waals surface area (Å²) < 4.78 is 7.71. The Labute approximate surface area is 195 Å². The highest BCUT2D eigenvalue weighted by atomic mass is 35.5. The zero-order valence-corrected chi connectivity index (χ0v) is 19.2. The summed E-state index contributed by atoms with van der Waals surface area (Å²) in [6.07, 6.45) is 2.95. The van der Waals surface area contributed by atoms with Crippen LogP contribution in [0.5, 0.6) is 5.75 Å². The number of thiazole rings is 1. The number of nitrogens with one attached hydrogen (secondary N) is 1. The third-order valence-electron chi connectivity index (χ3n) is 5.52. The molecule has 0 fully saturated rings. The summed E-state index contributed by atoms with van der Waals surface area (Å²) in [5.41, 5.74) is 5.46. The fourth-order valence-corrected chi connectivity index (χ4v) is 4.97. The van der Waals surface area contributed by atoms with E-state index >= 15 is 0 Å². The van der Waals surface area contributed by atoms with Crippen molar-refractivity contribution in [3.8, 4) is 17.0 Å². The Bertz CT molecular complexity index is 1430. The molecule has 3 aromatic carbocycles. The van der Waals surface area contributed by atoms with Crippen LogP contribution in [-0.4, -0.2) is 16.7 Å². The maximum atomic E-state index is 6.39. The first-order chi connectivity index (χ1) is 15.7. The van der Waals surface area contributed by atoms with Gasteiger partial charge in [-0.15, -0.1) is 11.3 Å². The van der Waals surface area contributed by atoms with Crippen molar-refractivity contribution in [3.05, 3.63) is 99.8 Å². The largest absolute Gasteiger partial charge is 0.497 e. The first-order valence-corrected chi connectivity index (χ1v) is 11.7. The molecule has 0 atom stereocenters. The number of hydrogen-bond donors (Lipinski definition) is 1. The summed E-state index contributed by atoms with van der Waals surface area (Å²) in [6, 6.07) is 24.3. The molecule has 160 valence electrons. The monoisotopic (exact) mass is 459 g/mol. The molecule has 0 spiro atoms. The van der Waals surface area contributed by atoms with Crippen molar-refractivity contribution < 1.29 is 4.74 Å². The van der Waals surface area contributed by atoms with Crippen molar-refractivity contribution in [2.45, 2.75) is 13.0 Å². The van der Waals surface area contributed by atoms with Crippen LogP contribution >= 0.6 is 22.9 Å². The normalized spacial score (nSPS) is 11.9. The van der Waals surface area contributed by atoms with Gasteiger partial charge >= 0.3 is 0 Å². The summed E-state index contributed by atoms with van der Waals surface area (Å²) >= 11 is 8.02. The highest BCUT2D eigenvalue weighted by Crippen LogP contribution is 2.27. The third-order valence-corrected chi connectivity index (χ3v) is 6.70. The summed E-state index contributed by atoms with van der Waals surface area (Å²) in [4.78, 5) is 9.20. The average molecular weight is 460 g/mol. The second-order valence-corrected chi connectivity index (χ2v) is 8.70. The smallest absolute Gasteiger partial charge is 0.190 e. The summed E-state index contributed by atoms with van der Waals surface area (Å²) in [5, 5.41) is 4.01. The van der Waals surface area contributed by atoms with Crippen molar-refractivity contribution in [1.82, 2.24) is 9.55 Å². The molecule has 6 heteroatoms. The van der Waals surface area contributed by atoms with Crippen molar-refractivity contribution in [1.29, 1.82) is 0 Å². The lowest BCUT2D eigenvalue weighted by Gasteiger charge is -2.10. The van der Waals surface area contributed by atoms with E-state index in [0.29, 0.717) is 5.02 Å². The van der Waals surface area contributed by atoms with Crippen LogP contribution in [0.3, 0.4) is 0 Å². The SMILES string of the molecule is COc1ccc2[nH]cc(CCn3c(-c4ccccc4)csc3=Nc3ccccc3Cl)c2c1. The number of methoxy groups -OCH3 is 1. The summed E-state index contributed by atoms with van der Waals surface area (Å²) in [5.74, 6) is 0.862. The van der Waals surface area contributed by atoms with Gasteiger partial charge in [-0.3, -0.25) is 0 Å². The summed E-state index contributed by atoms with van der Waals surface area (Å²) in [6.45, 7) is 0.793. The zero-order valence-electron chi connectivity index (χ0n) is 17.6. The first kappa shape index (κ1) is 20.6. The highest BCUT2D eigenvalue weighted by Gasteiger charge is 2.11. The van der Waals surface area contributed by atoms with Crippen LogP contribution < -0.4 is 9.54 Å². The second-order valence-electron chi connectivity index (χ2n) is 7.46. The van der Waals surface area contributed by atoms with Gasteiger partial charge in [-0.25, -0.2) is 4.99 Å². The number of aromatic amines is 1. The molecule has 0 unspecified atom stereocenters. The van der Waals surface area contributed by atoms with Gasteiger partial charge in [0.05, 0.1) is 23.5 Å². The molecule has 1 N–H and O–H groups in total. The zero-order chi connectivity index (χ0) is 21.9. The van der Waals surface area contributed by atoms with Crippen LogP contribution in [0.15, 0.2) is 89.4 Å². The molecule has 0 aliphatic rings. The molecular weight excluding hydrogens is 438 g/mol. The lowest BCUT2D eigenvalue weighted by Crippen LogP contribution is -2.17. The molecule has 0 amide bonds. The third kappa shape index (κ3) is 4.09. The van der Waals surface area contributed by atoms with Crippen LogP contribution in [0, 0.1) is 0 Å². The van der Waals surface area contributed by atoms with Gasteiger partial charge in [0.2, 0.25) is 0 Å². The molecular formula is C26H22ClN3OS. The van der Waals surface area contributed by atoms with E-state index in [1.165, 1.54) is 16.5 Å². The van der Waals surface area contributed by atoms with Crippen molar-refractivity contribution >= 4 is 39.5 Å². The quantitative estimate of drug-likeness (QED) is 0.297. The lowest BCUT2D eigenvalue weighted by molar-refractivity contribution is 0.415. The van der Waals surface area contributed by atoms with Gasteiger partial charge in [0, 0.05) is 29.0 Å². The van der Waals surface area contributed by atoms with E-state index in [9.17, 15) is 0 Å². The van der Waals surface area contributed by atoms with Gasteiger partial charge < -0.3 is 14.3 Å². The van der Waals surface area contributed by atoms with E-state index < -0.39 is 0 Å². The molecule has 0 aliphatic heterocycles. The van der Waals surface area contributed by atoms with Crippen molar-refractivity contribution in [3.63, 3.8) is 0 Å². The van der Waals surface area contributed by atoms with Crippen molar-refractivity contribution in [2.75, 3.05) is 7.11 Å². The number of rotatable bonds is 6. The predicted molar refractivity (Wildman–Crippen MR) is 133 cm³/mol. The minimum Gasteiger partial charge on any atom is -0.497 e. The van der Waals surface area contributed by atoms with Gasteiger partial charge in [-0.1, -0.05) is 54.1 Å². The Balaban J connectivity index is 1.56. The molecule has 0 saturated carbocycles. The van der Waals surface area contributed by atoms with Gasteiger partial charge in [-0.2, -0.15) is 0 Å². The number of nitrogens with zero attached hydrogens (tertiary/aromatic N) is 2. The summed E-state index contributed by atoms with van der Waals surface area (Å²) in [7, 11) is 1.70. The molecule has 5 aromatic rings. The highest BCUT2D eigenvalue weighted by molar-refractivity contribution is 7.07. The Kier molecular flexibility index (Phi) is 5.84. The van der Waals surface area contributed by atoms with Crippen LogP contribution in [0.4, 0.5) is 5.69 Å².